The molecule has 1 aromatic heterocycles. The summed E-state index contributed by atoms with van der Waals surface area (Å²) in [5.41, 5.74) is 2.19. The van der Waals surface area contributed by atoms with E-state index >= 15 is 0 Å². The highest BCUT2D eigenvalue weighted by atomic mass is 16.5. The lowest BCUT2D eigenvalue weighted by molar-refractivity contribution is -0.0154. The van der Waals surface area contributed by atoms with Gasteiger partial charge in [-0.2, -0.15) is 0 Å². The number of morpholine rings is 1. The van der Waals surface area contributed by atoms with Gasteiger partial charge in [-0.05, 0) is 30.9 Å². The van der Waals surface area contributed by atoms with Gasteiger partial charge in [-0.1, -0.05) is 36.4 Å². The monoisotopic (exact) mass is 380 g/mol. The van der Waals surface area contributed by atoms with Crippen molar-refractivity contribution in [2.45, 2.75) is 31.9 Å². The van der Waals surface area contributed by atoms with Crippen molar-refractivity contribution in [1.29, 1.82) is 0 Å². The predicted molar refractivity (Wildman–Crippen MR) is 109 cm³/mol. The van der Waals surface area contributed by atoms with E-state index in [4.69, 9.17) is 4.74 Å². The molecule has 1 N–H and O–H groups in total. The molecule has 0 spiro atoms. The van der Waals surface area contributed by atoms with Crippen molar-refractivity contribution in [3.8, 4) is 0 Å². The van der Waals surface area contributed by atoms with Crippen molar-refractivity contribution in [2.24, 2.45) is 0 Å². The molecule has 2 amide bonds. The standard InChI is InChI=1S/C22H28N4O2/c27-22(26-14-15-28-20(17-26)18-8-3-1-4-9-18)24-16-19-10-7-11-23-21(19)25-12-5-2-6-13-25/h1,3-4,7-11,20H,2,5-6,12-17H2,(H,24,27). The normalized spacial score (nSPS) is 20.1. The Labute approximate surface area is 166 Å². The zero-order valence-electron chi connectivity index (χ0n) is 16.2. The zero-order valence-corrected chi connectivity index (χ0v) is 16.2. The van der Waals surface area contributed by atoms with Crippen LogP contribution in [-0.4, -0.2) is 48.7 Å². The molecule has 6 heteroatoms. The summed E-state index contributed by atoms with van der Waals surface area (Å²) in [7, 11) is 0. The Morgan fingerprint density at radius 2 is 1.89 bits per heavy atom. The summed E-state index contributed by atoms with van der Waals surface area (Å²) in [5, 5.41) is 3.08. The van der Waals surface area contributed by atoms with E-state index in [0.717, 1.165) is 30.0 Å². The second kappa shape index (κ2) is 9.06. The molecule has 1 aromatic carbocycles. The molecule has 0 aliphatic carbocycles. The van der Waals surface area contributed by atoms with Crippen molar-refractivity contribution in [3.63, 3.8) is 0 Å². The first-order valence-electron chi connectivity index (χ1n) is 10.2. The molecule has 2 saturated heterocycles. The summed E-state index contributed by atoms with van der Waals surface area (Å²) in [6.07, 6.45) is 5.47. The molecule has 1 atom stereocenters. The van der Waals surface area contributed by atoms with Crippen molar-refractivity contribution in [3.05, 3.63) is 59.8 Å². The van der Waals surface area contributed by atoms with E-state index < -0.39 is 0 Å². The summed E-state index contributed by atoms with van der Waals surface area (Å²) < 4.78 is 5.87. The van der Waals surface area contributed by atoms with Gasteiger partial charge in [-0.25, -0.2) is 9.78 Å². The molecule has 0 radical (unpaired) electrons. The number of rotatable bonds is 4. The van der Waals surface area contributed by atoms with Gasteiger partial charge in [0.15, 0.2) is 0 Å². The zero-order chi connectivity index (χ0) is 19.2. The van der Waals surface area contributed by atoms with Gasteiger partial charge in [-0.15, -0.1) is 0 Å². The SMILES string of the molecule is O=C(NCc1cccnc1N1CCCCC1)N1CCOC(c2ccccc2)C1. The van der Waals surface area contributed by atoms with Crippen molar-refractivity contribution >= 4 is 11.8 Å². The number of piperidine rings is 1. The number of urea groups is 1. The minimum atomic E-state index is -0.0667. The van der Waals surface area contributed by atoms with Crippen LogP contribution in [0.5, 0.6) is 0 Å². The van der Waals surface area contributed by atoms with E-state index in [1.807, 2.05) is 47.5 Å². The van der Waals surface area contributed by atoms with Gasteiger partial charge in [0.1, 0.15) is 11.9 Å². The summed E-state index contributed by atoms with van der Waals surface area (Å²) >= 11 is 0. The first-order valence-corrected chi connectivity index (χ1v) is 10.2. The maximum atomic E-state index is 12.8. The highest BCUT2D eigenvalue weighted by Gasteiger charge is 2.25. The van der Waals surface area contributed by atoms with E-state index in [2.05, 4.69) is 21.3 Å². The molecule has 6 nitrogen and oxygen atoms in total. The van der Waals surface area contributed by atoms with Crippen LogP contribution >= 0.6 is 0 Å². The highest BCUT2D eigenvalue weighted by Crippen LogP contribution is 2.23. The smallest absolute Gasteiger partial charge is 0.317 e. The Morgan fingerprint density at radius 3 is 2.71 bits per heavy atom. The average molecular weight is 380 g/mol. The summed E-state index contributed by atoms with van der Waals surface area (Å²) in [6, 6.07) is 14.0. The molecular formula is C22H28N4O2. The lowest BCUT2D eigenvalue weighted by atomic mass is 10.1. The van der Waals surface area contributed by atoms with Gasteiger partial charge in [0, 0.05) is 37.9 Å². The fourth-order valence-corrected chi connectivity index (χ4v) is 3.94. The second-order valence-electron chi connectivity index (χ2n) is 7.41. The molecule has 0 bridgehead atoms. The van der Waals surface area contributed by atoms with Crippen molar-refractivity contribution in [1.82, 2.24) is 15.2 Å². The van der Waals surface area contributed by atoms with Crippen LogP contribution in [0.1, 0.15) is 36.5 Å². The van der Waals surface area contributed by atoms with Gasteiger partial charge < -0.3 is 19.9 Å². The predicted octanol–water partition coefficient (Wildman–Crippen LogP) is 3.36. The van der Waals surface area contributed by atoms with Crippen LogP contribution in [0, 0.1) is 0 Å². The lowest BCUT2D eigenvalue weighted by Crippen LogP contribution is -2.47. The number of nitrogens with zero attached hydrogens (tertiary/aromatic N) is 3. The third kappa shape index (κ3) is 4.44. The Morgan fingerprint density at radius 1 is 1.07 bits per heavy atom. The minimum absolute atomic E-state index is 0.0438. The third-order valence-electron chi connectivity index (χ3n) is 5.48. The van der Waals surface area contributed by atoms with E-state index in [1.54, 1.807) is 0 Å². The number of carbonyl (C=O) groups is 1. The molecule has 0 saturated carbocycles. The van der Waals surface area contributed by atoms with Crippen molar-refractivity contribution in [2.75, 3.05) is 37.7 Å². The third-order valence-corrected chi connectivity index (χ3v) is 5.48. The van der Waals surface area contributed by atoms with Gasteiger partial charge >= 0.3 is 6.03 Å². The molecule has 3 heterocycles. The number of pyridine rings is 1. The molecule has 148 valence electrons. The average Bonchev–Trinajstić information content (AvgIpc) is 2.79. The number of nitrogens with one attached hydrogen (secondary N) is 1. The van der Waals surface area contributed by atoms with E-state index in [9.17, 15) is 4.79 Å². The van der Waals surface area contributed by atoms with Crippen LogP contribution in [0.4, 0.5) is 10.6 Å². The number of anilines is 1. The molecule has 2 aliphatic heterocycles. The lowest BCUT2D eigenvalue weighted by Gasteiger charge is -2.33. The second-order valence-corrected chi connectivity index (χ2v) is 7.41. The number of hydrogen-bond donors (Lipinski definition) is 1. The number of carbonyl (C=O) groups excluding carboxylic acids is 1. The molecule has 28 heavy (non-hydrogen) atoms. The molecule has 2 aliphatic rings. The van der Waals surface area contributed by atoms with E-state index in [-0.39, 0.29) is 12.1 Å². The molecule has 2 aromatic rings. The van der Waals surface area contributed by atoms with Gasteiger partial charge in [0.2, 0.25) is 0 Å². The quantitative estimate of drug-likeness (QED) is 0.884. The highest BCUT2D eigenvalue weighted by molar-refractivity contribution is 5.74. The number of benzene rings is 1. The van der Waals surface area contributed by atoms with Crippen LogP contribution in [-0.2, 0) is 11.3 Å². The van der Waals surface area contributed by atoms with Gasteiger partial charge in [-0.3, -0.25) is 0 Å². The van der Waals surface area contributed by atoms with Gasteiger partial charge in [0.05, 0.1) is 13.2 Å². The van der Waals surface area contributed by atoms with E-state index in [1.165, 1.54) is 19.3 Å². The Bertz CT molecular complexity index is 777. The summed E-state index contributed by atoms with van der Waals surface area (Å²) in [4.78, 5) is 21.5. The number of hydrogen-bond acceptors (Lipinski definition) is 4. The van der Waals surface area contributed by atoms with Crippen molar-refractivity contribution < 1.29 is 9.53 Å². The molecular weight excluding hydrogens is 352 g/mol. The largest absolute Gasteiger partial charge is 0.370 e. The molecule has 1 unspecified atom stereocenters. The summed E-state index contributed by atoms with van der Waals surface area (Å²) in [6.45, 7) is 4.31. The van der Waals surface area contributed by atoms with Crippen LogP contribution in [0.15, 0.2) is 48.7 Å². The fraction of sp³-hybridized carbons (Fsp3) is 0.455. The maximum Gasteiger partial charge on any atom is 0.317 e. The number of ether oxygens (including phenoxy) is 1. The Kier molecular flexibility index (Phi) is 6.07. The number of amides is 2. The maximum absolute atomic E-state index is 12.8. The van der Waals surface area contributed by atoms with Crippen LogP contribution in [0.25, 0.3) is 0 Å². The molecule has 4 rings (SSSR count). The topological polar surface area (TPSA) is 57.7 Å². The Hall–Kier alpha value is -2.60. The van der Waals surface area contributed by atoms with Crippen LogP contribution in [0.2, 0.25) is 0 Å². The minimum Gasteiger partial charge on any atom is -0.370 e. The fourth-order valence-electron chi connectivity index (χ4n) is 3.94. The van der Waals surface area contributed by atoms with Gasteiger partial charge in [0.25, 0.3) is 0 Å². The van der Waals surface area contributed by atoms with E-state index in [0.29, 0.717) is 26.2 Å². The number of aromatic nitrogens is 1. The first kappa shape index (κ1) is 18.7. The van der Waals surface area contributed by atoms with Crippen LogP contribution < -0.4 is 10.2 Å². The summed E-state index contributed by atoms with van der Waals surface area (Å²) in [5.74, 6) is 1.01. The first-order chi connectivity index (χ1) is 13.8. The molecule has 2 fully saturated rings. The van der Waals surface area contributed by atoms with Crippen LogP contribution in [0.3, 0.4) is 0 Å². The Balaban J connectivity index is 1.37.